The number of carbonyl (C=O) groups is 3. The maximum atomic E-state index is 13.0. The molecule has 1 aliphatic rings. The molecule has 1 amide bonds. The highest BCUT2D eigenvalue weighted by atomic mass is 16.5. The first kappa shape index (κ1) is 18.8. The van der Waals surface area contributed by atoms with E-state index < -0.39 is 12.1 Å². The summed E-state index contributed by atoms with van der Waals surface area (Å²) in [6, 6.07) is 13.9. The number of morpholine rings is 1. The van der Waals surface area contributed by atoms with Crippen molar-refractivity contribution >= 4 is 17.7 Å². The van der Waals surface area contributed by atoms with Crippen LogP contribution in [0.15, 0.2) is 48.5 Å². The van der Waals surface area contributed by atoms with Gasteiger partial charge in [0.25, 0.3) is 5.91 Å². The van der Waals surface area contributed by atoms with Crippen molar-refractivity contribution in [2.45, 2.75) is 19.4 Å². The summed E-state index contributed by atoms with van der Waals surface area (Å²) < 4.78 is 5.42. The molecule has 1 unspecified atom stereocenters. The van der Waals surface area contributed by atoms with Gasteiger partial charge in [0, 0.05) is 24.2 Å². The Labute approximate surface area is 157 Å². The molecule has 3 rings (SSSR count). The van der Waals surface area contributed by atoms with Crippen molar-refractivity contribution in [2.75, 3.05) is 19.7 Å². The lowest BCUT2D eigenvalue weighted by atomic mass is 9.97. The van der Waals surface area contributed by atoms with Gasteiger partial charge in [-0.3, -0.25) is 14.4 Å². The number of benzene rings is 2. The fourth-order valence-electron chi connectivity index (χ4n) is 3.12. The van der Waals surface area contributed by atoms with Gasteiger partial charge >= 0.3 is 5.97 Å². The van der Waals surface area contributed by atoms with E-state index >= 15 is 0 Å². The Morgan fingerprint density at radius 3 is 2.41 bits per heavy atom. The van der Waals surface area contributed by atoms with Gasteiger partial charge in [0.1, 0.15) is 0 Å². The summed E-state index contributed by atoms with van der Waals surface area (Å²) in [6.45, 7) is 2.77. The molecule has 0 spiro atoms. The molecule has 1 saturated heterocycles. The molecule has 27 heavy (non-hydrogen) atoms. The molecular weight excluding hydrogens is 346 g/mol. The molecule has 1 atom stereocenters. The predicted molar refractivity (Wildman–Crippen MR) is 98.9 cm³/mol. The number of rotatable bonds is 5. The number of hydrogen-bond acceptors (Lipinski definition) is 4. The molecule has 1 N–H and O–H groups in total. The molecule has 6 nitrogen and oxygen atoms in total. The lowest BCUT2D eigenvalue weighted by Crippen LogP contribution is -2.46. The van der Waals surface area contributed by atoms with Gasteiger partial charge in [-0.05, 0) is 13.0 Å². The van der Waals surface area contributed by atoms with Crippen LogP contribution in [0.25, 0.3) is 0 Å². The van der Waals surface area contributed by atoms with Crippen molar-refractivity contribution in [3.63, 3.8) is 0 Å². The third kappa shape index (κ3) is 4.41. The van der Waals surface area contributed by atoms with E-state index in [1.807, 2.05) is 19.1 Å². The number of aliphatic carboxylic acids is 1. The maximum absolute atomic E-state index is 13.0. The average molecular weight is 367 g/mol. The van der Waals surface area contributed by atoms with Gasteiger partial charge in [-0.1, -0.05) is 48.0 Å². The molecule has 2 aromatic carbocycles. The number of ether oxygens (including phenoxy) is 1. The Morgan fingerprint density at radius 1 is 1.07 bits per heavy atom. The van der Waals surface area contributed by atoms with Gasteiger partial charge < -0.3 is 14.7 Å². The van der Waals surface area contributed by atoms with Crippen LogP contribution < -0.4 is 0 Å². The molecule has 1 fully saturated rings. The molecule has 0 aliphatic carbocycles. The number of hydrogen-bond donors (Lipinski definition) is 1. The molecule has 2 aromatic rings. The first-order chi connectivity index (χ1) is 13.0. The van der Waals surface area contributed by atoms with Crippen molar-refractivity contribution in [3.8, 4) is 0 Å². The fraction of sp³-hybridized carbons (Fsp3) is 0.286. The summed E-state index contributed by atoms with van der Waals surface area (Å²) in [4.78, 5) is 38.4. The van der Waals surface area contributed by atoms with E-state index in [0.717, 1.165) is 5.56 Å². The molecule has 140 valence electrons. The quantitative estimate of drug-likeness (QED) is 0.821. The summed E-state index contributed by atoms with van der Waals surface area (Å²) in [7, 11) is 0. The summed E-state index contributed by atoms with van der Waals surface area (Å²) in [5.74, 6) is -1.47. The number of carboxylic acid groups (broad SMARTS) is 1. The van der Waals surface area contributed by atoms with Crippen LogP contribution in [0.1, 0.15) is 38.3 Å². The average Bonchev–Trinajstić information content (AvgIpc) is 2.67. The van der Waals surface area contributed by atoms with Crippen LogP contribution in [0.4, 0.5) is 0 Å². The van der Waals surface area contributed by atoms with Crippen LogP contribution in [0.2, 0.25) is 0 Å². The lowest BCUT2D eigenvalue weighted by Gasteiger charge is -2.32. The lowest BCUT2D eigenvalue weighted by molar-refractivity contribution is -0.141. The predicted octanol–water partition coefficient (Wildman–Crippen LogP) is 2.54. The molecule has 1 heterocycles. The molecule has 0 saturated carbocycles. The van der Waals surface area contributed by atoms with Crippen molar-refractivity contribution in [1.82, 2.24) is 4.90 Å². The van der Waals surface area contributed by atoms with E-state index in [2.05, 4.69) is 0 Å². The monoisotopic (exact) mass is 367 g/mol. The maximum Gasteiger partial charge on any atom is 0.306 e. The largest absolute Gasteiger partial charge is 0.481 e. The first-order valence-corrected chi connectivity index (χ1v) is 8.79. The molecular formula is C21H21NO5. The second-order valence-corrected chi connectivity index (χ2v) is 6.58. The number of aryl methyl sites for hydroxylation is 1. The van der Waals surface area contributed by atoms with Gasteiger partial charge in [-0.2, -0.15) is 0 Å². The number of nitrogens with zero attached hydrogens (tertiary/aromatic N) is 1. The Hall–Kier alpha value is -2.99. The van der Waals surface area contributed by atoms with E-state index in [1.165, 1.54) is 0 Å². The zero-order chi connectivity index (χ0) is 19.4. The van der Waals surface area contributed by atoms with E-state index in [9.17, 15) is 14.4 Å². The van der Waals surface area contributed by atoms with Crippen molar-refractivity contribution < 1.29 is 24.2 Å². The standard InChI is InChI=1S/C21H21NO5/c1-14-6-8-15(9-7-14)20(25)17-4-2-3-5-18(17)21(26)22-10-11-27-16(13-22)12-19(23)24/h2-9,16H,10-13H2,1H3,(H,23,24). The van der Waals surface area contributed by atoms with Crippen LogP contribution in [0.3, 0.4) is 0 Å². The van der Waals surface area contributed by atoms with Gasteiger partial charge in [-0.25, -0.2) is 0 Å². The highest BCUT2D eigenvalue weighted by Crippen LogP contribution is 2.19. The number of amides is 1. The van der Waals surface area contributed by atoms with Gasteiger partial charge in [0.15, 0.2) is 5.78 Å². The molecule has 0 aromatic heterocycles. The third-order valence-corrected chi connectivity index (χ3v) is 4.54. The molecule has 0 bridgehead atoms. The highest BCUT2D eigenvalue weighted by molar-refractivity contribution is 6.15. The minimum absolute atomic E-state index is 0.159. The Kier molecular flexibility index (Phi) is 5.66. The Morgan fingerprint density at radius 2 is 1.74 bits per heavy atom. The van der Waals surface area contributed by atoms with Gasteiger partial charge in [0.05, 0.1) is 24.7 Å². The second kappa shape index (κ2) is 8.14. The molecule has 6 heteroatoms. The van der Waals surface area contributed by atoms with Gasteiger partial charge in [0.2, 0.25) is 0 Å². The smallest absolute Gasteiger partial charge is 0.306 e. The molecule has 0 radical (unpaired) electrons. The van der Waals surface area contributed by atoms with Crippen LogP contribution in [0.5, 0.6) is 0 Å². The number of carboxylic acids is 1. The fourth-order valence-corrected chi connectivity index (χ4v) is 3.12. The van der Waals surface area contributed by atoms with E-state index in [-0.39, 0.29) is 31.3 Å². The second-order valence-electron chi connectivity index (χ2n) is 6.58. The summed E-state index contributed by atoms with van der Waals surface area (Å²) in [5, 5.41) is 8.94. The summed E-state index contributed by atoms with van der Waals surface area (Å²) in [5.41, 5.74) is 2.23. The molecule has 1 aliphatic heterocycles. The Balaban J connectivity index is 1.84. The van der Waals surface area contributed by atoms with Crippen molar-refractivity contribution in [1.29, 1.82) is 0 Å². The van der Waals surface area contributed by atoms with E-state index in [1.54, 1.807) is 41.3 Å². The summed E-state index contributed by atoms with van der Waals surface area (Å²) in [6.07, 6.45) is -0.701. The van der Waals surface area contributed by atoms with E-state index in [4.69, 9.17) is 9.84 Å². The normalized spacial score (nSPS) is 16.8. The topological polar surface area (TPSA) is 83.9 Å². The first-order valence-electron chi connectivity index (χ1n) is 8.79. The van der Waals surface area contributed by atoms with Crippen LogP contribution in [-0.4, -0.2) is 53.5 Å². The van der Waals surface area contributed by atoms with E-state index in [0.29, 0.717) is 23.2 Å². The van der Waals surface area contributed by atoms with Crippen molar-refractivity contribution in [3.05, 3.63) is 70.8 Å². The third-order valence-electron chi connectivity index (χ3n) is 4.54. The zero-order valence-corrected chi connectivity index (χ0v) is 15.1. The van der Waals surface area contributed by atoms with Crippen LogP contribution in [-0.2, 0) is 9.53 Å². The van der Waals surface area contributed by atoms with Crippen molar-refractivity contribution in [2.24, 2.45) is 0 Å². The minimum Gasteiger partial charge on any atom is -0.481 e. The number of ketones is 1. The zero-order valence-electron chi connectivity index (χ0n) is 15.1. The summed E-state index contributed by atoms with van der Waals surface area (Å²) >= 11 is 0. The van der Waals surface area contributed by atoms with Crippen LogP contribution >= 0.6 is 0 Å². The number of carbonyl (C=O) groups excluding carboxylic acids is 2. The Bertz CT molecular complexity index is 859. The van der Waals surface area contributed by atoms with Crippen LogP contribution in [0, 0.1) is 6.92 Å². The SMILES string of the molecule is Cc1ccc(C(=O)c2ccccc2C(=O)N2CCOC(CC(=O)O)C2)cc1. The van der Waals surface area contributed by atoms with Gasteiger partial charge in [-0.15, -0.1) is 0 Å². The minimum atomic E-state index is -0.968. The highest BCUT2D eigenvalue weighted by Gasteiger charge is 2.28.